The maximum absolute atomic E-state index is 11.8. The molecular weight excluding hydrogens is 240 g/mol. The van der Waals surface area contributed by atoms with E-state index in [0.29, 0.717) is 24.0 Å². The van der Waals surface area contributed by atoms with E-state index in [1.807, 2.05) is 20.8 Å². The van der Waals surface area contributed by atoms with Gasteiger partial charge < -0.3 is 10.6 Å². The largest absolute Gasteiger partial charge is 0.352 e. The lowest BCUT2D eigenvalue weighted by atomic mass is 10.1. The van der Waals surface area contributed by atoms with Gasteiger partial charge in [0.15, 0.2) is 0 Å². The molecule has 5 nitrogen and oxygen atoms in total. The first kappa shape index (κ1) is 15.4. The fourth-order valence-electron chi connectivity index (χ4n) is 1.42. The van der Waals surface area contributed by atoms with E-state index in [2.05, 4.69) is 34.4 Å². The molecule has 1 aromatic heterocycles. The summed E-state index contributed by atoms with van der Waals surface area (Å²) in [6, 6.07) is 0. The number of nitrogens with zero attached hydrogens (tertiary/aromatic N) is 2. The fraction of sp³-hybridized carbons (Fsp3) is 0.643. The predicted octanol–water partition coefficient (Wildman–Crippen LogP) is 2.46. The molecule has 1 heterocycles. The van der Waals surface area contributed by atoms with Crippen molar-refractivity contribution < 1.29 is 4.79 Å². The Morgan fingerprint density at radius 3 is 2.32 bits per heavy atom. The predicted molar refractivity (Wildman–Crippen MR) is 77.2 cm³/mol. The highest BCUT2D eigenvalue weighted by Gasteiger charge is 2.12. The first-order valence-electron chi connectivity index (χ1n) is 6.66. The van der Waals surface area contributed by atoms with Crippen LogP contribution in [0.1, 0.15) is 51.4 Å². The van der Waals surface area contributed by atoms with E-state index in [1.54, 1.807) is 12.4 Å². The molecule has 0 atom stereocenters. The van der Waals surface area contributed by atoms with Crippen molar-refractivity contribution in [2.75, 3.05) is 11.9 Å². The van der Waals surface area contributed by atoms with Crippen LogP contribution in [0.25, 0.3) is 0 Å². The molecule has 0 aromatic carbocycles. The van der Waals surface area contributed by atoms with Crippen molar-refractivity contribution in [1.29, 1.82) is 0 Å². The summed E-state index contributed by atoms with van der Waals surface area (Å²) in [5.74, 6) is 0.990. The molecule has 106 valence electrons. The van der Waals surface area contributed by atoms with Crippen LogP contribution in [0.15, 0.2) is 12.4 Å². The van der Waals surface area contributed by atoms with E-state index in [4.69, 9.17) is 0 Å². The molecule has 1 rings (SSSR count). The quantitative estimate of drug-likeness (QED) is 0.857. The first-order chi connectivity index (χ1) is 8.78. The van der Waals surface area contributed by atoms with Crippen LogP contribution in [0.5, 0.6) is 0 Å². The SMILES string of the molecule is CC(C)CCNC(=O)c1cnc(NC(C)(C)C)nc1. The summed E-state index contributed by atoms with van der Waals surface area (Å²) in [5, 5.41) is 6.01. The highest BCUT2D eigenvalue weighted by molar-refractivity contribution is 5.93. The van der Waals surface area contributed by atoms with Crippen molar-refractivity contribution >= 4 is 11.9 Å². The molecule has 0 aliphatic rings. The smallest absolute Gasteiger partial charge is 0.254 e. The summed E-state index contributed by atoms with van der Waals surface area (Å²) >= 11 is 0. The minimum Gasteiger partial charge on any atom is -0.352 e. The Balaban J connectivity index is 2.53. The number of nitrogens with one attached hydrogen (secondary N) is 2. The molecule has 1 aromatic rings. The van der Waals surface area contributed by atoms with Gasteiger partial charge in [-0.25, -0.2) is 9.97 Å². The van der Waals surface area contributed by atoms with Gasteiger partial charge in [-0.1, -0.05) is 13.8 Å². The maximum atomic E-state index is 11.8. The number of rotatable bonds is 5. The summed E-state index contributed by atoms with van der Waals surface area (Å²) < 4.78 is 0. The van der Waals surface area contributed by atoms with Gasteiger partial charge in [0.1, 0.15) is 0 Å². The molecule has 0 aliphatic carbocycles. The van der Waals surface area contributed by atoms with Crippen molar-refractivity contribution in [1.82, 2.24) is 15.3 Å². The minimum atomic E-state index is -0.122. The summed E-state index contributed by atoms with van der Waals surface area (Å²) in [4.78, 5) is 20.1. The monoisotopic (exact) mass is 264 g/mol. The van der Waals surface area contributed by atoms with Gasteiger partial charge in [0, 0.05) is 24.5 Å². The number of aromatic nitrogens is 2. The van der Waals surface area contributed by atoms with Gasteiger partial charge in [-0.15, -0.1) is 0 Å². The van der Waals surface area contributed by atoms with Crippen molar-refractivity contribution in [3.63, 3.8) is 0 Å². The van der Waals surface area contributed by atoms with Gasteiger partial charge >= 0.3 is 0 Å². The molecule has 0 radical (unpaired) electrons. The van der Waals surface area contributed by atoms with E-state index < -0.39 is 0 Å². The normalized spacial score (nSPS) is 11.5. The highest BCUT2D eigenvalue weighted by Crippen LogP contribution is 2.09. The number of carbonyl (C=O) groups excluding carboxylic acids is 1. The summed E-state index contributed by atoms with van der Waals surface area (Å²) in [6.07, 6.45) is 4.06. The molecule has 0 aliphatic heterocycles. The first-order valence-corrected chi connectivity index (χ1v) is 6.66. The number of amides is 1. The van der Waals surface area contributed by atoms with Gasteiger partial charge in [-0.2, -0.15) is 0 Å². The molecule has 0 saturated heterocycles. The second kappa shape index (κ2) is 6.50. The third kappa shape index (κ3) is 6.18. The maximum Gasteiger partial charge on any atom is 0.254 e. The van der Waals surface area contributed by atoms with Crippen LogP contribution < -0.4 is 10.6 Å². The average molecular weight is 264 g/mol. The Labute approximate surface area is 115 Å². The van der Waals surface area contributed by atoms with Crippen LogP contribution in [0.4, 0.5) is 5.95 Å². The van der Waals surface area contributed by atoms with E-state index in [1.165, 1.54) is 0 Å². The number of anilines is 1. The molecule has 0 bridgehead atoms. The molecule has 0 fully saturated rings. The van der Waals surface area contributed by atoms with Crippen molar-refractivity contribution in [3.05, 3.63) is 18.0 Å². The third-order valence-electron chi connectivity index (χ3n) is 2.41. The third-order valence-corrected chi connectivity index (χ3v) is 2.41. The minimum absolute atomic E-state index is 0.0962. The molecule has 1 amide bonds. The van der Waals surface area contributed by atoms with Crippen molar-refractivity contribution in [2.45, 2.75) is 46.6 Å². The van der Waals surface area contributed by atoms with Gasteiger partial charge in [-0.3, -0.25) is 4.79 Å². The van der Waals surface area contributed by atoms with E-state index >= 15 is 0 Å². The summed E-state index contributed by atoms with van der Waals surface area (Å²) in [7, 11) is 0. The van der Waals surface area contributed by atoms with Gasteiger partial charge in [0.25, 0.3) is 5.91 Å². The van der Waals surface area contributed by atoms with Crippen LogP contribution >= 0.6 is 0 Å². The molecule has 5 heteroatoms. The van der Waals surface area contributed by atoms with Gasteiger partial charge in [0.2, 0.25) is 5.95 Å². The second-order valence-corrected chi connectivity index (χ2v) is 6.11. The van der Waals surface area contributed by atoms with Crippen LogP contribution in [0, 0.1) is 5.92 Å². The Hall–Kier alpha value is -1.65. The zero-order valence-corrected chi connectivity index (χ0v) is 12.4. The Morgan fingerprint density at radius 2 is 1.84 bits per heavy atom. The molecule has 0 saturated carbocycles. The zero-order valence-electron chi connectivity index (χ0n) is 12.4. The molecule has 19 heavy (non-hydrogen) atoms. The van der Waals surface area contributed by atoms with E-state index in [-0.39, 0.29) is 11.4 Å². The van der Waals surface area contributed by atoms with Crippen LogP contribution in [-0.2, 0) is 0 Å². The lowest BCUT2D eigenvalue weighted by Gasteiger charge is -2.20. The Bertz CT molecular complexity index is 406. The fourth-order valence-corrected chi connectivity index (χ4v) is 1.42. The van der Waals surface area contributed by atoms with E-state index in [0.717, 1.165) is 6.42 Å². The summed E-state index contributed by atoms with van der Waals surface area (Å²) in [5.41, 5.74) is 0.393. The number of hydrogen-bond acceptors (Lipinski definition) is 4. The molecular formula is C14H24N4O. The topological polar surface area (TPSA) is 66.9 Å². The lowest BCUT2D eigenvalue weighted by molar-refractivity contribution is 0.0951. The van der Waals surface area contributed by atoms with Crippen LogP contribution in [0.3, 0.4) is 0 Å². The summed E-state index contributed by atoms with van der Waals surface area (Å²) in [6.45, 7) is 11.0. The Morgan fingerprint density at radius 1 is 1.26 bits per heavy atom. The standard InChI is InChI=1S/C14H24N4O/c1-10(2)6-7-15-12(19)11-8-16-13(17-9-11)18-14(3,4)5/h8-10H,6-7H2,1-5H3,(H,15,19)(H,16,17,18). The molecule has 0 spiro atoms. The number of hydrogen-bond donors (Lipinski definition) is 2. The molecule has 0 unspecified atom stereocenters. The van der Waals surface area contributed by atoms with E-state index in [9.17, 15) is 4.79 Å². The van der Waals surface area contributed by atoms with Crippen LogP contribution in [-0.4, -0.2) is 28.0 Å². The van der Waals surface area contributed by atoms with Gasteiger partial charge in [0.05, 0.1) is 5.56 Å². The van der Waals surface area contributed by atoms with Crippen molar-refractivity contribution in [2.24, 2.45) is 5.92 Å². The Kier molecular flexibility index (Phi) is 5.27. The van der Waals surface area contributed by atoms with Crippen molar-refractivity contribution in [3.8, 4) is 0 Å². The lowest BCUT2D eigenvalue weighted by Crippen LogP contribution is -2.28. The molecule has 2 N–H and O–H groups in total. The van der Waals surface area contributed by atoms with Crippen LogP contribution in [0.2, 0.25) is 0 Å². The highest BCUT2D eigenvalue weighted by atomic mass is 16.1. The van der Waals surface area contributed by atoms with Gasteiger partial charge in [-0.05, 0) is 33.1 Å². The number of carbonyl (C=O) groups is 1. The second-order valence-electron chi connectivity index (χ2n) is 6.11. The average Bonchev–Trinajstić information content (AvgIpc) is 2.27. The zero-order chi connectivity index (χ0) is 14.5.